The minimum Gasteiger partial charge on any atom is -0.384 e. The molecule has 0 aromatic heterocycles. The minimum atomic E-state index is -0.754. The maximum absolute atomic E-state index is 10.5. The monoisotopic (exact) mass is 280 g/mol. The largest absolute Gasteiger partial charge is 0.384 e. The molecule has 18 heavy (non-hydrogen) atoms. The highest BCUT2D eigenvalue weighted by Crippen LogP contribution is 2.34. The molecule has 2 rings (SSSR count). The predicted octanol–water partition coefficient (Wildman–Crippen LogP) is 4.69. The van der Waals surface area contributed by atoms with Gasteiger partial charge in [0.05, 0.1) is 10.0 Å². The van der Waals surface area contributed by atoms with Crippen molar-refractivity contribution in [2.75, 3.05) is 0 Å². The van der Waals surface area contributed by atoms with Gasteiger partial charge in [-0.25, -0.2) is 0 Å². The van der Waals surface area contributed by atoms with Crippen LogP contribution >= 0.6 is 23.2 Å². The quantitative estimate of drug-likeness (QED) is 0.846. The van der Waals surface area contributed by atoms with Crippen molar-refractivity contribution in [2.45, 2.75) is 20.0 Å². The van der Waals surface area contributed by atoms with Crippen LogP contribution in [0.25, 0.3) is 0 Å². The summed E-state index contributed by atoms with van der Waals surface area (Å²) in [4.78, 5) is 0. The van der Waals surface area contributed by atoms with E-state index in [1.165, 1.54) is 0 Å². The lowest BCUT2D eigenvalue weighted by Gasteiger charge is -2.17. The first-order valence-electron chi connectivity index (χ1n) is 5.70. The number of rotatable bonds is 2. The van der Waals surface area contributed by atoms with Crippen molar-refractivity contribution in [3.8, 4) is 0 Å². The number of aryl methyl sites for hydroxylation is 1. The molecule has 1 unspecified atom stereocenters. The zero-order valence-electron chi connectivity index (χ0n) is 10.2. The van der Waals surface area contributed by atoms with Crippen molar-refractivity contribution < 1.29 is 5.11 Å². The molecule has 1 atom stereocenters. The number of hydrogen-bond donors (Lipinski definition) is 1. The van der Waals surface area contributed by atoms with Gasteiger partial charge in [0.2, 0.25) is 0 Å². The SMILES string of the molecule is Cc1cccc(C(O)c2cccc(Cl)c2Cl)c1C. The molecule has 0 saturated heterocycles. The fourth-order valence-corrected chi connectivity index (χ4v) is 2.38. The highest BCUT2D eigenvalue weighted by molar-refractivity contribution is 6.42. The Hall–Kier alpha value is -1.02. The number of hydrogen-bond acceptors (Lipinski definition) is 1. The molecule has 0 fully saturated rings. The molecular weight excluding hydrogens is 267 g/mol. The van der Waals surface area contributed by atoms with Crippen LogP contribution in [-0.2, 0) is 0 Å². The van der Waals surface area contributed by atoms with Crippen LogP contribution < -0.4 is 0 Å². The number of benzene rings is 2. The summed E-state index contributed by atoms with van der Waals surface area (Å²) >= 11 is 12.1. The predicted molar refractivity (Wildman–Crippen MR) is 76.4 cm³/mol. The molecule has 0 heterocycles. The van der Waals surface area contributed by atoms with Crippen LogP contribution in [0.4, 0.5) is 0 Å². The van der Waals surface area contributed by atoms with Gasteiger partial charge in [-0.1, -0.05) is 53.5 Å². The van der Waals surface area contributed by atoms with Gasteiger partial charge in [-0.2, -0.15) is 0 Å². The highest BCUT2D eigenvalue weighted by atomic mass is 35.5. The second-order valence-corrected chi connectivity index (χ2v) is 5.12. The third-order valence-electron chi connectivity index (χ3n) is 3.22. The first-order chi connectivity index (χ1) is 8.52. The van der Waals surface area contributed by atoms with E-state index in [0.29, 0.717) is 15.6 Å². The van der Waals surface area contributed by atoms with E-state index in [9.17, 15) is 5.11 Å². The zero-order valence-corrected chi connectivity index (χ0v) is 11.8. The Morgan fingerprint density at radius 3 is 2.28 bits per heavy atom. The van der Waals surface area contributed by atoms with Crippen molar-refractivity contribution in [3.05, 3.63) is 68.7 Å². The molecule has 0 saturated carbocycles. The topological polar surface area (TPSA) is 20.2 Å². The van der Waals surface area contributed by atoms with Crippen molar-refractivity contribution >= 4 is 23.2 Å². The van der Waals surface area contributed by atoms with Gasteiger partial charge >= 0.3 is 0 Å². The standard InChI is InChI=1S/C15H14Cl2O/c1-9-5-3-6-11(10(9)2)15(18)12-7-4-8-13(16)14(12)17/h3-8,15,18H,1-2H3. The Balaban J connectivity index is 2.51. The van der Waals surface area contributed by atoms with E-state index in [4.69, 9.17) is 23.2 Å². The molecule has 0 radical (unpaired) electrons. The fraction of sp³-hybridized carbons (Fsp3) is 0.200. The summed E-state index contributed by atoms with van der Waals surface area (Å²) in [5.74, 6) is 0. The van der Waals surface area contributed by atoms with Crippen molar-refractivity contribution in [1.29, 1.82) is 0 Å². The van der Waals surface area contributed by atoms with Gasteiger partial charge in [-0.3, -0.25) is 0 Å². The van der Waals surface area contributed by atoms with Gasteiger partial charge in [-0.15, -0.1) is 0 Å². The maximum Gasteiger partial charge on any atom is 0.106 e. The molecule has 2 aromatic carbocycles. The average Bonchev–Trinajstić information content (AvgIpc) is 2.35. The van der Waals surface area contributed by atoms with Crippen molar-refractivity contribution in [2.24, 2.45) is 0 Å². The smallest absolute Gasteiger partial charge is 0.106 e. The molecule has 94 valence electrons. The lowest BCUT2D eigenvalue weighted by molar-refractivity contribution is 0.219. The first kappa shape index (κ1) is 13.4. The van der Waals surface area contributed by atoms with Gasteiger partial charge in [0.25, 0.3) is 0 Å². The molecule has 0 bridgehead atoms. The van der Waals surface area contributed by atoms with E-state index in [2.05, 4.69) is 0 Å². The molecule has 0 amide bonds. The summed E-state index contributed by atoms with van der Waals surface area (Å²) in [7, 11) is 0. The normalized spacial score (nSPS) is 12.5. The van der Waals surface area contributed by atoms with E-state index < -0.39 is 6.10 Å². The van der Waals surface area contributed by atoms with Gasteiger partial charge in [0.15, 0.2) is 0 Å². The summed E-state index contributed by atoms with van der Waals surface area (Å²) in [6, 6.07) is 11.1. The Kier molecular flexibility index (Phi) is 3.96. The van der Waals surface area contributed by atoms with Crippen LogP contribution in [0.15, 0.2) is 36.4 Å². The molecule has 1 nitrogen and oxygen atoms in total. The van der Waals surface area contributed by atoms with E-state index >= 15 is 0 Å². The highest BCUT2D eigenvalue weighted by Gasteiger charge is 2.17. The van der Waals surface area contributed by atoms with Gasteiger partial charge < -0.3 is 5.11 Å². The molecule has 2 aromatic rings. The Labute approximate surface area is 117 Å². The molecular formula is C15H14Cl2O. The third kappa shape index (κ3) is 2.39. The first-order valence-corrected chi connectivity index (χ1v) is 6.46. The summed E-state index contributed by atoms with van der Waals surface area (Å²) in [5.41, 5.74) is 3.71. The summed E-state index contributed by atoms with van der Waals surface area (Å²) in [5, 5.41) is 11.3. The second-order valence-electron chi connectivity index (χ2n) is 4.33. The van der Waals surface area contributed by atoms with Crippen LogP contribution in [0.5, 0.6) is 0 Å². The Bertz CT molecular complexity index is 527. The van der Waals surface area contributed by atoms with Crippen molar-refractivity contribution in [1.82, 2.24) is 0 Å². The molecule has 0 aliphatic heterocycles. The van der Waals surface area contributed by atoms with Crippen LogP contribution in [-0.4, -0.2) is 5.11 Å². The van der Waals surface area contributed by atoms with Crippen LogP contribution in [0.3, 0.4) is 0 Å². The molecule has 1 N–H and O–H groups in total. The summed E-state index contributed by atoms with van der Waals surface area (Å²) in [6.45, 7) is 4.01. The molecule has 0 aliphatic rings. The summed E-state index contributed by atoms with van der Waals surface area (Å²) < 4.78 is 0. The molecule has 0 aliphatic carbocycles. The van der Waals surface area contributed by atoms with Crippen LogP contribution in [0, 0.1) is 13.8 Å². The Morgan fingerprint density at radius 1 is 0.944 bits per heavy atom. The fourth-order valence-electron chi connectivity index (χ4n) is 1.97. The lowest BCUT2D eigenvalue weighted by Crippen LogP contribution is -2.04. The minimum absolute atomic E-state index is 0.410. The molecule has 3 heteroatoms. The number of halogens is 2. The van der Waals surface area contributed by atoms with Crippen LogP contribution in [0.2, 0.25) is 10.0 Å². The Morgan fingerprint density at radius 2 is 1.56 bits per heavy atom. The number of aliphatic hydroxyl groups excluding tert-OH is 1. The maximum atomic E-state index is 10.5. The number of aliphatic hydroxyl groups is 1. The van der Waals surface area contributed by atoms with Gasteiger partial charge in [0.1, 0.15) is 6.10 Å². The van der Waals surface area contributed by atoms with Crippen LogP contribution in [0.1, 0.15) is 28.4 Å². The third-order valence-corrected chi connectivity index (χ3v) is 4.05. The molecule has 0 spiro atoms. The summed E-state index contributed by atoms with van der Waals surface area (Å²) in [6.07, 6.45) is -0.754. The van der Waals surface area contributed by atoms with E-state index in [-0.39, 0.29) is 0 Å². The zero-order chi connectivity index (χ0) is 13.3. The van der Waals surface area contributed by atoms with Gasteiger partial charge in [0, 0.05) is 5.56 Å². The van der Waals surface area contributed by atoms with E-state index in [1.54, 1.807) is 18.2 Å². The average molecular weight is 281 g/mol. The van der Waals surface area contributed by atoms with Crippen molar-refractivity contribution in [3.63, 3.8) is 0 Å². The lowest BCUT2D eigenvalue weighted by atomic mass is 9.95. The second kappa shape index (κ2) is 5.31. The van der Waals surface area contributed by atoms with E-state index in [0.717, 1.165) is 16.7 Å². The van der Waals surface area contributed by atoms with Gasteiger partial charge in [-0.05, 0) is 36.6 Å². The van der Waals surface area contributed by atoms with E-state index in [1.807, 2.05) is 32.0 Å².